The van der Waals surface area contributed by atoms with E-state index in [1.807, 2.05) is 60.8 Å². The molecule has 0 atom stereocenters. The van der Waals surface area contributed by atoms with Crippen molar-refractivity contribution in [2.75, 3.05) is 26.4 Å². The molecule has 182 valence electrons. The zero-order chi connectivity index (χ0) is 24.2. The zero-order valence-electron chi connectivity index (χ0n) is 20.0. The van der Waals surface area contributed by atoms with Gasteiger partial charge >= 0.3 is 5.97 Å². The Hall–Kier alpha value is -3.41. The summed E-state index contributed by atoms with van der Waals surface area (Å²) in [7, 11) is 0. The first-order valence-corrected chi connectivity index (χ1v) is 12.1. The van der Waals surface area contributed by atoms with E-state index < -0.39 is 0 Å². The fraction of sp³-hybridized carbons (Fsp3) is 0.300. The number of hydrogen-bond donors (Lipinski definition) is 1. The summed E-state index contributed by atoms with van der Waals surface area (Å²) < 4.78 is 18.1. The van der Waals surface area contributed by atoms with Crippen molar-refractivity contribution < 1.29 is 19.0 Å². The average molecular weight is 472 g/mol. The van der Waals surface area contributed by atoms with Crippen LogP contribution < -0.4 is 5.32 Å². The van der Waals surface area contributed by atoms with Crippen molar-refractivity contribution in [3.63, 3.8) is 0 Å². The molecule has 0 spiro atoms. The van der Waals surface area contributed by atoms with Crippen molar-refractivity contribution in [2.24, 2.45) is 5.41 Å². The molecule has 0 saturated carbocycles. The summed E-state index contributed by atoms with van der Waals surface area (Å²) >= 11 is 0. The van der Waals surface area contributed by atoms with E-state index in [-0.39, 0.29) is 18.0 Å². The quantitative estimate of drug-likeness (QED) is 0.373. The standard InChI is InChI=1S/C30H33NO4/c32-29(28-14-8-3-9-15-28)35-22-27-18-30(16-17-31-19-27,23-33-20-25-10-4-1-5-11-25)24-34-21-26-12-6-2-7-13-26/h1-15,19,31H,16-18,20-24H2. The number of rotatable bonds is 11. The molecule has 0 fully saturated rings. The van der Waals surface area contributed by atoms with E-state index in [0.29, 0.717) is 32.0 Å². The van der Waals surface area contributed by atoms with E-state index in [1.54, 1.807) is 12.1 Å². The molecule has 0 unspecified atom stereocenters. The smallest absolute Gasteiger partial charge is 0.338 e. The van der Waals surface area contributed by atoms with Crippen LogP contribution in [0.2, 0.25) is 0 Å². The van der Waals surface area contributed by atoms with Crippen LogP contribution in [0.15, 0.2) is 103 Å². The first-order chi connectivity index (χ1) is 17.2. The van der Waals surface area contributed by atoms with E-state index in [1.165, 1.54) is 0 Å². The summed E-state index contributed by atoms with van der Waals surface area (Å²) in [5.41, 5.74) is 3.65. The second-order valence-electron chi connectivity index (χ2n) is 9.08. The number of esters is 1. The molecule has 0 aromatic heterocycles. The zero-order valence-corrected chi connectivity index (χ0v) is 20.0. The van der Waals surface area contributed by atoms with Gasteiger partial charge in [-0.2, -0.15) is 0 Å². The summed E-state index contributed by atoms with van der Waals surface area (Å²) in [5, 5.41) is 3.37. The number of benzene rings is 3. The maximum Gasteiger partial charge on any atom is 0.338 e. The third-order valence-corrected chi connectivity index (χ3v) is 6.15. The number of carbonyl (C=O) groups is 1. The molecule has 1 heterocycles. The molecule has 5 heteroatoms. The molecule has 3 aromatic rings. The molecular formula is C30H33NO4. The van der Waals surface area contributed by atoms with Gasteiger partial charge in [0.2, 0.25) is 0 Å². The van der Waals surface area contributed by atoms with Gasteiger partial charge in [-0.15, -0.1) is 0 Å². The molecule has 5 nitrogen and oxygen atoms in total. The van der Waals surface area contributed by atoms with E-state index in [9.17, 15) is 4.79 Å². The monoisotopic (exact) mass is 471 g/mol. The topological polar surface area (TPSA) is 56.8 Å². The van der Waals surface area contributed by atoms with Gasteiger partial charge in [0.05, 0.1) is 32.0 Å². The van der Waals surface area contributed by atoms with Crippen molar-refractivity contribution in [3.8, 4) is 0 Å². The predicted molar refractivity (Wildman–Crippen MR) is 137 cm³/mol. The van der Waals surface area contributed by atoms with Crippen LogP contribution in [0.4, 0.5) is 0 Å². The van der Waals surface area contributed by atoms with Gasteiger partial charge in [-0.3, -0.25) is 0 Å². The van der Waals surface area contributed by atoms with Gasteiger partial charge in [-0.1, -0.05) is 78.9 Å². The van der Waals surface area contributed by atoms with E-state index in [2.05, 4.69) is 29.6 Å². The van der Waals surface area contributed by atoms with Crippen molar-refractivity contribution >= 4 is 5.97 Å². The van der Waals surface area contributed by atoms with Gasteiger partial charge in [-0.05, 0) is 47.9 Å². The maximum atomic E-state index is 12.5. The van der Waals surface area contributed by atoms with Crippen molar-refractivity contribution in [1.82, 2.24) is 5.32 Å². The van der Waals surface area contributed by atoms with Crippen LogP contribution in [0.25, 0.3) is 0 Å². The molecule has 0 amide bonds. The lowest BCUT2D eigenvalue weighted by molar-refractivity contribution is -0.0369. The minimum atomic E-state index is -0.318. The number of ether oxygens (including phenoxy) is 3. The lowest BCUT2D eigenvalue weighted by Crippen LogP contribution is -2.34. The highest BCUT2D eigenvalue weighted by atomic mass is 16.5. The van der Waals surface area contributed by atoms with Crippen LogP contribution in [0, 0.1) is 5.41 Å². The lowest BCUT2D eigenvalue weighted by Gasteiger charge is -2.33. The predicted octanol–water partition coefficient (Wildman–Crippen LogP) is 5.53. The largest absolute Gasteiger partial charge is 0.458 e. The summed E-state index contributed by atoms with van der Waals surface area (Å²) in [5.74, 6) is -0.318. The van der Waals surface area contributed by atoms with E-state index in [4.69, 9.17) is 14.2 Å². The molecular weight excluding hydrogens is 438 g/mol. The van der Waals surface area contributed by atoms with Crippen LogP contribution in [-0.2, 0) is 27.4 Å². The fourth-order valence-corrected chi connectivity index (χ4v) is 4.29. The molecule has 1 aliphatic rings. The molecule has 0 bridgehead atoms. The van der Waals surface area contributed by atoms with E-state index >= 15 is 0 Å². The highest BCUT2D eigenvalue weighted by Gasteiger charge is 2.33. The third-order valence-electron chi connectivity index (χ3n) is 6.15. The summed E-state index contributed by atoms with van der Waals surface area (Å²) in [4.78, 5) is 12.5. The summed E-state index contributed by atoms with van der Waals surface area (Å²) in [6.45, 7) is 3.26. The lowest BCUT2D eigenvalue weighted by atomic mass is 9.80. The summed E-state index contributed by atoms with van der Waals surface area (Å²) in [6.07, 6.45) is 3.60. The van der Waals surface area contributed by atoms with Crippen LogP contribution in [0.5, 0.6) is 0 Å². The van der Waals surface area contributed by atoms with Crippen LogP contribution in [0.3, 0.4) is 0 Å². The van der Waals surface area contributed by atoms with Gasteiger partial charge in [0, 0.05) is 12.0 Å². The Kier molecular flexibility index (Phi) is 9.10. The van der Waals surface area contributed by atoms with Gasteiger partial charge < -0.3 is 19.5 Å². The van der Waals surface area contributed by atoms with Crippen molar-refractivity contribution in [2.45, 2.75) is 26.1 Å². The number of nitrogens with one attached hydrogen (secondary N) is 1. The van der Waals surface area contributed by atoms with Crippen LogP contribution >= 0.6 is 0 Å². The molecule has 4 rings (SSSR count). The first kappa shape index (κ1) is 24.7. The number of hydrogen-bond acceptors (Lipinski definition) is 5. The second kappa shape index (κ2) is 12.9. The molecule has 0 aliphatic carbocycles. The minimum absolute atomic E-state index is 0.224. The summed E-state index contributed by atoms with van der Waals surface area (Å²) in [6, 6.07) is 29.5. The van der Waals surface area contributed by atoms with Crippen molar-refractivity contribution in [1.29, 1.82) is 0 Å². The fourth-order valence-electron chi connectivity index (χ4n) is 4.29. The SMILES string of the molecule is O=C(OCC1=CNCCC(COCc2ccccc2)(COCc2ccccc2)C1)c1ccccc1. The number of carbonyl (C=O) groups excluding carboxylic acids is 1. The molecule has 0 radical (unpaired) electrons. The highest BCUT2D eigenvalue weighted by molar-refractivity contribution is 5.89. The maximum absolute atomic E-state index is 12.5. The molecule has 35 heavy (non-hydrogen) atoms. The first-order valence-electron chi connectivity index (χ1n) is 12.1. The van der Waals surface area contributed by atoms with E-state index in [0.717, 1.165) is 36.1 Å². The van der Waals surface area contributed by atoms with Gasteiger partial charge in [0.25, 0.3) is 0 Å². The Morgan fingerprint density at radius 3 is 1.86 bits per heavy atom. The highest BCUT2D eigenvalue weighted by Crippen LogP contribution is 2.34. The van der Waals surface area contributed by atoms with Crippen LogP contribution in [0.1, 0.15) is 34.3 Å². The average Bonchev–Trinajstić information content (AvgIpc) is 3.11. The third kappa shape index (κ3) is 7.81. The normalized spacial score (nSPS) is 14.9. The Labute approximate surface area is 207 Å². The Morgan fingerprint density at radius 1 is 0.743 bits per heavy atom. The Bertz CT molecular complexity index is 1020. The minimum Gasteiger partial charge on any atom is -0.458 e. The molecule has 1 N–H and O–H groups in total. The second-order valence-corrected chi connectivity index (χ2v) is 9.08. The Morgan fingerprint density at radius 2 is 1.29 bits per heavy atom. The van der Waals surface area contributed by atoms with Crippen molar-refractivity contribution in [3.05, 3.63) is 119 Å². The molecule has 1 aliphatic heterocycles. The van der Waals surface area contributed by atoms with Gasteiger partial charge in [-0.25, -0.2) is 4.79 Å². The van der Waals surface area contributed by atoms with Gasteiger partial charge in [0.1, 0.15) is 6.61 Å². The van der Waals surface area contributed by atoms with Gasteiger partial charge in [0.15, 0.2) is 0 Å². The molecule has 0 saturated heterocycles. The molecule has 3 aromatic carbocycles. The Balaban J connectivity index is 1.40. The van der Waals surface area contributed by atoms with Crippen LogP contribution in [-0.4, -0.2) is 32.3 Å².